The van der Waals surface area contributed by atoms with Crippen LogP contribution in [0.15, 0.2) is 0 Å². The van der Waals surface area contributed by atoms with Gasteiger partial charge in [-0.2, -0.15) is 0 Å². The molecule has 0 aromatic heterocycles. The molecule has 0 amide bonds. The summed E-state index contributed by atoms with van der Waals surface area (Å²) in [6.45, 7) is 10.1. The van der Waals surface area contributed by atoms with Gasteiger partial charge in [0.25, 0.3) is 0 Å². The van der Waals surface area contributed by atoms with Crippen LogP contribution in [0.2, 0.25) is 0 Å². The molecule has 5 atom stereocenters. The third-order valence-electron chi connectivity index (χ3n) is 6.47. The van der Waals surface area contributed by atoms with E-state index in [4.69, 9.17) is 0 Å². The standard InChI is InChI=1S/C12H20/c1-8-5-10(2)6-9-7-11(8,3)12(9,10)4/h8-9H,5-7H2,1-4H3. The third-order valence-corrected chi connectivity index (χ3v) is 6.47. The molecule has 5 unspecified atom stereocenters. The van der Waals surface area contributed by atoms with Crippen LogP contribution in [0.5, 0.6) is 0 Å². The molecule has 12 heavy (non-hydrogen) atoms. The second kappa shape index (κ2) is 1.51. The number of rotatable bonds is 0. The summed E-state index contributed by atoms with van der Waals surface area (Å²) in [6, 6.07) is 0. The summed E-state index contributed by atoms with van der Waals surface area (Å²) in [7, 11) is 0. The van der Waals surface area contributed by atoms with Crippen molar-refractivity contribution in [1.82, 2.24) is 0 Å². The van der Waals surface area contributed by atoms with E-state index in [1.165, 1.54) is 19.3 Å². The molecule has 3 aliphatic carbocycles. The zero-order chi connectivity index (χ0) is 8.78. The van der Waals surface area contributed by atoms with E-state index in [1.54, 1.807) is 0 Å². The Balaban J connectivity index is 2.11. The van der Waals surface area contributed by atoms with Crippen LogP contribution in [-0.4, -0.2) is 0 Å². The molecule has 3 aliphatic rings. The van der Waals surface area contributed by atoms with Gasteiger partial charge >= 0.3 is 0 Å². The minimum Gasteiger partial charge on any atom is -0.0619 e. The van der Waals surface area contributed by atoms with E-state index in [0.717, 1.165) is 22.7 Å². The molecule has 3 saturated carbocycles. The van der Waals surface area contributed by atoms with Gasteiger partial charge in [-0.1, -0.05) is 27.7 Å². The van der Waals surface area contributed by atoms with Gasteiger partial charge in [0.15, 0.2) is 0 Å². The van der Waals surface area contributed by atoms with Crippen LogP contribution in [0.25, 0.3) is 0 Å². The summed E-state index contributed by atoms with van der Waals surface area (Å²) in [5.74, 6) is 2.07. The smallest absolute Gasteiger partial charge is 0.0187 e. The highest BCUT2D eigenvalue weighted by molar-refractivity contribution is 5.28. The van der Waals surface area contributed by atoms with Gasteiger partial charge in [-0.3, -0.25) is 0 Å². The van der Waals surface area contributed by atoms with Crippen molar-refractivity contribution in [3.8, 4) is 0 Å². The Bertz CT molecular complexity index is 257. The quantitative estimate of drug-likeness (QED) is 0.514. The van der Waals surface area contributed by atoms with E-state index in [2.05, 4.69) is 27.7 Å². The van der Waals surface area contributed by atoms with Crippen molar-refractivity contribution in [2.45, 2.75) is 47.0 Å². The molecule has 0 radical (unpaired) electrons. The van der Waals surface area contributed by atoms with Crippen molar-refractivity contribution < 1.29 is 0 Å². The molecule has 0 N–H and O–H groups in total. The largest absolute Gasteiger partial charge is 0.0619 e. The molecule has 0 heteroatoms. The first-order chi connectivity index (χ1) is 5.44. The maximum absolute atomic E-state index is 2.56. The van der Waals surface area contributed by atoms with Crippen molar-refractivity contribution in [2.75, 3.05) is 0 Å². The van der Waals surface area contributed by atoms with Crippen LogP contribution in [0.3, 0.4) is 0 Å². The molecule has 0 nitrogen and oxygen atoms in total. The van der Waals surface area contributed by atoms with Crippen molar-refractivity contribution in [1.29, 1.82) is 0 Å². The van der Waals surface area contributed by atoms with Gasteiger partial charge in [0.05, 0.1) is 0 Å². The molecular formula is C12H20. The van der Waals surface area contributed by atoms with Gasteiger partial charge in [-0.15, -0.1) is 0 Å². The Hall–Kier alpha value is 0. The Labute approximate surface area is 75.7 Å². The molecule has 0 aliphatic heterocycles. The van der Waals surface area contributed by atoms with Gasteiger partial charge in [-0.25, -0.2) is 0 Å². The second-order valence-corrected chi connectivity index (χ2v) is 6.39. The molecule has 0 saturated heterocycles. The minimum absolute atomic E-state index is 0.713. The van der Waals surface area contributed by atoms with E-state index in [9.17, 15) is 0 Å². The van der Waals surface area contributed by atoms with Gasteiger partial charge in [0.2, 0.25) is 0 Å². The topological polar surface area (TPSA) is 0 Å². The maximum atomic E-state index is 2.56. The second-order valence-electron chi connectivity index (χ2n) is 6.39. The lowest BCUT2D eigenvalue weighted by Crippen LogP contribution is -2.67. The SMILES string of the molecule is CC1CC2(C)CC3CC1(C)C32C. The predicted octanol–water partition coefficient (Wildman–Crippen LogP) is 3.47. The first-order valence-corrected chi connectivity index (χ1v) is 5.44. The molecule has 3 fully saturated rings. The third kappa shape index (κ3) is 0.400. The summed E-state index contributed by atoms with van der Waals surface area (Å²) in [5.41, 5.74) is 2.17. The fourth-order valence-electron chi connectivity index (χ4n) is 5.26. The molecule has 0 spiro atoms. The fourth-order valence-corrected chi connectivity index (χ4v) is 5.26. The summed E-state index contributed by atoms with van der Waals surface area (Å²) < 4.78 is 0. The molecule has 0 heterocycles. The summed E-state index contributed by atoms with van der Waals surface area (Å²) in [4.78, 5) is 0. The van der Waals surface area contributed by atoms with Crippen LogP contribution in [-0.2, 0) is 0 Å². The summed E-state index contributed by atoms with van der Waals surface area (Å²) in [6.07, 6.45) is 4.56. The normalized spacial score (nSPS) is 73.0. The number of hydrogen-bond acceptors (Lipinski definition) is 0. The van der Waals surface area contributed by atoms with E-state index in [-0.39, 0.29) is 0 Å². The first kappa shape index (κ1) is 7.41. The average Bonchev–Trinajstić information content (AvgIpc) is 2.16. The lowest BCUT2D eigenvalue weighted by atomic mass is 9.31. The van der Waals surface area contributed by atoms with E-state index < -0.39 is 0 Å². The molecule has 0 bridgehead atoms. The Morgan fingerprint density at radius 3 is 2.08 bits per heavy atom. The lowest BCUT2D eigenvalue weighted by Gasteiger charge is -2.74. The molecule has 3 rings (SSSR count). The van der Waals surface area contributed by atoms with Crippen molar-refractivity contribution >= 4 is 0 Å². The predicted molar refractivity (Wildman–Crippen MR) is 50.8 cm³/mol. The molecule has 0 aromatic rings. The van der Waals surface area contributed by atoms with Crippen LogP contribution < -0.4 is 0 Å². The highest BCUT2D eigenvalue weighted by atomic mass is 14.8. The van der Waals surface area contributed by atoms with Crippen LogP contribution in [0.4, 0.5) is 0 Å². The maximum Gasteiger partial charge on any atom is -0.0187 e. The number of hydrogen-bond donors (Lipinski definition) is 0. The average molecular weight is 164 g/mol. The van der Waals surface area contributed by atoms with Crippen molar-refractivity contribution in [3.63, 3.8) is 0 Å². The zero-order valence-electron chi connectivity index (χ0n) is 8.78. The van der Waals surface area contributed by atoms with Gasteiger partial charge in [0.1, 0.15) is 0 Å². The zero-order valence-corrected chi connectivity index (χ0v) is 8.78. The van der Waals surface area contributed by atoms with E-state index in [1.807, 2.05) is 0 Å². The summed E-state index contributed by atoms with van der Waals surface area (Å²) in [5, 5.41) is 0. The Kier molecular flexibility index (Phi) is 0.932. The van der Waals surface area contributed by atoms with Crippen molar-refractivity contribution in [2.24, 2.45) is 28.1 Å². The molecular weight excluding hydrogens is 144 g/mol. The van der Waals surface area contributed by atoms with E-state index >= 15 is 0 Å². The van der Waals surface area contributed by atoms with Crippen LogP contribution in [0, 0.1) is 28.1 Å². The van der Waals surface area contributed by atoms with Gasteiger partial charge in [-0.05, 0) is 47.3 Å². The van der Waals surface area contributed by atoms with Crippen LogP contribution in [0.1, 0.15) is 47.0 Å². The Morgan fingerprint density at radius 2 is 1.67 bits per heavy atom. The highest BCUT2D eigenvalue weighted by Crippen LogP contribution is 2.86. The first-order valence-electron chi connectivity index (χ1n) is 5.44. The minimum atomic E-state index is 0.713. The van der Waals surface area contributed by atoms with Crippen molar-refractivity contribution in [3.05, 3.63) is 0 Å². The lowest BCUT2D eigenvalue weighted by molar-refractivity contribution is -0.254. The van der Waals surface area contributed by atoms with Crippen LogP contribution >= 0.6 is 0 Å². The van der Waals surface area contributed by atoms with Gasteiger partial charge in [0, 0.05) is 0 Å². The van der Waals surface area contributed by atoms with E-state index in [0.29, 0.717) is 5.41 Å². The monoisotopic (exact) mass is 164 g/mol. The van der Waals surface area contributed by atoms with Gasteiger partial charge < -0.3 is 0 Å². The Morgan fingerprint density at radius 1 is 1.00 bits per heavy atom. The highest BCUT2D eigenvalue weighted by Gasteiger charge is 2.79. The summed E-state index contributed by atoms with van der Waals surface area (Å²) >= 11 is 0. The fraction of sp³-hybridized carbons (Fsp3) is 1.00. The molecule has 68 valence electrons. The molecule has 0 aromatic carbocycles.